The van der Waals surface area contributed by atoms with Crippen molar-refractivity contribution in [2.75, 3.05) is 14.1 Å². The van der Waals surface area contributed by atoms with E-state index in [1.54, 1.807) is 4.90 Å². The molecule has 8 heavy (non-hydrogen) atoms. The van der Waals surface area contributed by atoms with Gasteiger partial charge in [0, 0.05) is 0 Å². The van der Waals surface area contributed by atoms with Gasteiger partial charge in [0.25, 0.3) is 0 Å². The molecule has 0 aromatic rings. The standard InChI is InChI=1S/C5H13NO.ClH/c1-4-5(7)6(2)3;/h5,7H,4H2,1-3H3;1H. The summed E-state index contributed by atoms with van der Waals surface area (Å²) in [6, 6.07) is 0. The number of hydrogen-bond donors (Lipinski definition) is 1. The molecule has 1 N–H and O–H groups in total. The molecule has 0 heterocycles. The first kappa shape index (κ1) is 11.1. The molecule has 0 aromatic carbocycles. The van der Waals surface area contributed by atoms with Gasteiger partial charge in [0.1, 0.15) is 6.23 Å². The molecule has 0 aliphatic carbocycles. The minimum absolute atomic E-state index is 0. The minimum atomic E-state index is -0.264. The average molecular weight is 140 g/mol. The third-order valence-electron chi connectivity index (χ3n) is 0.961. The fourth-order valence-corrected chi connectivity index (χ4v) is 0.365. The lowest BCUT2D eigenvalue weighted by Gasteiger charge is -2.15. The van der Waals surface area contributed by atoms with E-state index in [0.717, 1.165) is 6.42 Å². The molecule has 2 nitrogen and oxygen atoms in total. The van der Waals surface area contributed by atoms with E-state index in [4.69, 9.17) is 5.11 Å². The third-order valence-corrected chi connectivity index (χ3v) is 0.961. The first-order valence-electron chi connectivity index (χ1n) is 2.53. The largest absolute Gasteiger partial charge is 0.378 e. The van der Waals surface area contributed by atoms with Crippen LogP contribution < -0.4 is 0 Å². The Bertz CT molecular complexity index is 49.7. The zero-order valence-electron chi connectivity index (χ0n) is 5.59. The molecule has 0 aliphatic heterocycles. The fraction of sp³-hybridized carbons (Fsp3) is 1.00. The first-order valence-corrected chi connectivity index (χ1v) is 2.53. The van der Waals surface area contributed by atoms with Crippen molar-refractivity contribution in [3.8, 4) is 0 Å². The number of halogens is 1. The van der Waals surface area contributed by atoms with Crippen LogP contribution in [-0.4, -0.2) is 30.3 Å². The summed E-state index contributed by atoms with van der Waals surface area (Å²) in [6.07, 6.45) is 0.535. The van der Waals surface area contributed by atoms with Crippen LogP contribution in [0.25, 0.3) is 0 Å². The molecule has 0 fully saturated rings. The van der Waals surface area contributed by atoms with Crippen LogP contribution in [0.2, 0.25) is 0 Å². The van der Waals surface area contributed by atoms with Crippen molar-refractivity contribution in [1.82, 2.24) is 4.90 Å². The molecular formula is C5H14ClNO. The number of nitrogens with zero attached hydrogens (tertiary/aromatic N) is 1. The van der Waals surface area contributed by atoms with Crippen molar-refractivity contribution >= 4 is 12.4 Å². The van der Waals surface area contributed by atoms with E-state index >= 15 is 0 Å². The quantitative estimate of drug-likeness (QED) is 0.570. The Labute approximate surface area is 56.9 Å². The lowest BCUT2D eigenvalue weighted by atomic mass is 10.4. The Morgan fingerprint density at radius 1 is 1.50 bits per heavy atom. The van der Waals surface area contributed by atoms with Crippen LogP contribution in [0.15, 0.2) is 0 Å². The lowest BCUT2D eigenvalue weighted by molar-refractivity contribution is 0.0377. The molecule has 0 bridgehead atoms. The Morgan fingerprint density at radius 2 is 1.88 bits per heavy atom. The molecule has 0 rings (SSSR count). The summed E-state index contributed by atoms with van der Waals surface area (Å²) < 4.78 is 0. The van der Waals surface area contributed by atoms with Gasteiger partial charge < -0.3 is 5.11 Å². The highest BCUT2D eigenvalue weighted by Crippen LogP contribution is 1.90. The maximum absolute atomic E-state index is 8.86. The third kappa shape index (κ3) is 4.37. The molecule has 0 saturated carbocycles. The Hall–Kier alpha value is 0.210. The van der Waals surface area contributed by atoms with Crippen molar-refractivity contribution in [3.63, 3.8) is 0 Å². The zero-order chi connectivity index (χ0) is 5.86. The summed E-state index contributed by atoms with van der Waals surface area (Å²) in [6.45, 7) is 1.95. The SMILES string of the molecule is CCC(O)N(C)C.Cl. The predicted octanol–water partition coefficient (Wildman–Crippen LogP) is 0.698. The highest BCUT2D eigenvalue weighted by molar-refractivity contribution is 5.85. The van der Waals surface area contributed by atoms with Gasteiger partial charge in [-0.25, -0.2) is 0 Å². The summed E-state index contributed by atoms with van der Waals surface area (Å²) >= 11 is 0. The van der Waals surface area contributed by atoms with Crippen LogP contribution in [0.3, 0.4) is 0 Å². The topological polar surface area (TPSA) is 23.5 Å². The summed E-state index contributed by atoms with van der Waals surface area (Å²) in [5, 5.41) is 8.86. The average Bonchev–Trinajstić information content (AvgIpc) is 1.65. The summed E-state index contributed by atoms with van der Waals surface area (Å²) in [7, 11) is 3.71. The number of aliphatic hydroxyl groups is 1. The maximum Gasteiger partial charge on any atom is 0.106 e. The van der Waals surface area contributed by atoms with Crippen LogP contribution in [0.5, 0.6) is 0 Å². The normalized spacial score (nSPS) is 13.1. The van der Waals surface area contributed by atoms with Crippen LogP contribution in [0, 0.1) is 0 Å². The van der Waals surface area contributed by atoms with Gasteiger partial charge in [0.15, 0.2) is 0 Å². The maximum atomic E-state index is 8.86. The van der Waals surface area contributed by atoms with E-state index < -0.39 is 0 Å². The van der Waals surface area contributed by atoms with Gasteiger partial charge >= 0.3 is 0 Å². The van der Waals surface area contributed by atoms with Gasteiger partial charge in [-0.2, -0.15) is 0 Å². The molecular weight excluding hydrogens is 126 g/mol. The smallest absolute Gasteiger partial charge is 0.106 e. The van der Waals surface area contributed by atoms with Gasteiger partial charge in [-0.3, -0.25) is 4.90 Å². The van der Waals surface area contributed by atoms with Crippen LogP contribution in [0.1, 0.15) is 13.3 Å². The van der Waals surface area contributed by atoms with Crippen LogP contribution >= 0.6 is 12.4 Å². The van der Waals surface area contributed by atoms with Crippen molar-refractivity contribution in [3.05, 3.63) is 0 Å². The second kappa shape index (κ2) is 5.35. The monoisotopic (exact) mass is 139 g/mol. The highest BCUT2D eigenvalue weighted by Gasteiger charge is 1.99. The van der Waals surface area contributed by atoms with Crippen molar-refractivity contribution in [2.24, 2.45) is 0 Å². The highest BCUT2D eigenvalue weighted by atomic mass is 35.5. The molecule has 0 spiro atoms. The number of aliphatic hydroxyl groups excluding tert-OH is 1. The van der Waals surface area contributed by atoms with Gasteiger partial charge in [-0.1, -0.05) is 6.92 Å². The van der Waals surface area contributed by atoms with E-state index in [0.29, 0.717) is 0 Å². The van der Waals surface area contributed by atoms with E-state index in [-0.39, 0.29) is 18.6 Å². The molecule has 0 saturated heterocycles. The van der Waals surface area contributed by atoms with Crippen molar-refractivity contribution in [2.45, 2.75) is 19.6 Å². The molecule has 0 aliphatic rings. The fourth-order valence-electron chi connectivity index (χ4n) is 0.365. The minimum Gasteiger partial charge on any atom is -0.378 e. The van der Waals surface area contributed by atoms with Gasteiger partial charge in [0.2, 0.25) is 0 Å². The summed E-state index contributed by atoms with van der Waals surface area (Å²) in [5.74, 6) is 0. The van der Waals surface area contributed by atoms with Crippen molar-refractivity contribution < 1.29 is 5.11 Å². The van der Waals surface area contributed by atoms with Gasteiger partial charge in [0.05, 0.1) is 0 Å². The Kier molecular flexibility index (Phi) is 7.40. The first-order chi connectivity index (χ1) is 3.18. The summed E-state index contributed by atoms with van der Waals surface area (Å²) in [4.78, 5) is 1.78. The molecule has 0 radical (unpaired) electrons. The van der Waals surface area contributed by atoms with Crippen molar-refractivity contribution in [1.29, 1.82) is 0 Å². The van der Waals surface area contributed by atoms with E-state index in [1.807, 2.05) is 21.0 Å². The zero-order valence-corrected chi connectivity index (χ0v) is 6.40. The second-order valence-corrected chi connectivity index (χ2v) is 1.85. The number of rotatable bonds is 2. The number of hydrogen-bond acceptors (Lipinski definition) is 2. The van der Waals surface area contributed by atoms with Gasteiger partial charge in [-0.15, -0.1) is 12.4 Å². The Balaban J connectivity index is 0. The molecule has 0 aromatic heterocycles. The van der Waals surface area contributed by atoms with E-state index in [9.17, 15) is 0 Å². The Morgan fingerprint density at radius 3 is 1.88 bits per heavy atom. The molecule has 1 atom stereocenters. The van der Waals surface area contributed by atoms with Gasteiger partial charge in [-0.05, 0) is 20.5 Å². The summed E-state index contributed by atoms with van der Waals surface area (Å²) in [5.41, 5.74) is 0. The van der Waals surface area contributed by atoms with Crippen LogP contribution in [0.4, 0.5) is 0 Å². The molecule has 3 heteroatoms. The predicted molar refractivity (Wildman–Crippen MR) is 37.2 cm³/mol. The molecule has 0 amide bonds. The second-order valence-electron chi connectivity index (χ2n) is 1.85. The van der Waals surface area contributed by atoms with E-state index in [2.05, 4.69) is 0 Å². The van der Waals surface area contributed by atoms with E-state index in [1.165, 1.54) is 0 Å². The van der Waals surface area contributed by atoms with Crippen LogP contribution in [-0.2, 0) is 0 Å². The molecule has 1 unspecified atom stereocenters. The molecule has 52 valence electrons. The lowest BCUT2D eigenvalue weighted by Crippen LogP contribution is -2.26.